The molecule has 0 aliphatic heterocycles. The predicted molar refractivity (Wildman–Crippen MR) is 597 cm³/mol. The number of nitrogens with one attached hydrogen (secondary N) is 1. The summed E-state index contributed by atoms with van der Waals surface area (Å²) in [6, 6.07) is 20.2. The Bertz CT molecular complexity index is 3370. The number of methoxy groups -OCH3 is 1. The van der Waals surface area contributed by atoms with E-state index < -0.39 is 0 Å². The van der Waals surface area contributed by atoms with E-state index in [2.05, 4.69) is 178 Å². The van der Waals surface area contributed by atoms with Gasteiger partial charge in [-0.1, -0.05) is 332 Å². The van der Waals surface area contributed by atoms with E-state index in [1.807, 2.05) is 118 Å². The number of carbonyl (C=O) groups is 10. The molecule has 3 amide bonds. The van der Waals surface area contributed by atoms with Gasteiger partial charge in [0.15, 0.2) is 0 Å². The van der Waals surface area contributed by atoms with Gasteiger partial charge in [-0.3, -0.25) is 47.9 Å². The van der Waals surface area contributed by atoms with Crippen LogP contribution in [-0.2, 0) is 87.5 Å². The first-order valence-electron chi connectivity index (χ1n) is 55.1. The molecular formula is C121H221N3O18. The van der Waals surface area contributed by atoms with Crippen LogP contribution in [0.3, 0.4) is 0 Å². The van der Waals surface area contributed by atoms with Crippen molar-refractivity contribution in [3.8, 4) is 0 Å². The molecule has 142 heavy (non-hydrogen) atoms. The number of hydrogen-bond acceptors (Lipinski definition) is 18. The van der Waals surface area contributed by atoms with Crippen LogP contribution in [-0.4, -0.2) is 163 Å². The van der Waals surface area contributed by atoms with Crippen molar-refractivity contribution in [2.24, 2.45) is 53.3 Å². The average molecular weight is 2010 g/mol. The van der Waals surface area contributed by atoms with Crippen molar-refractivity contribution in [1.82, 2.24) is 15.1 Å². The van der Waals surface area contributed by atoms with Gasteiger partial charge in [0, 0.05) is 99.6 Å². The van der Waals surface area contributed by atoms with E-state index in [9.17, 15) is 47.9 Å². The number of unbranched alkanes of at least 4 members (excludes halogenated alkanes) is 16. The highest BCUT2D eigenvalue weighted by atomic mass is 16.6. The number of allylic oxidation sites excluding steroid dienone is 8. The molecule has 10 atom stereocenters. The van der Waals surface area contributed by atoms with Gasteiger partial charge in [0.2, 0.25) is 17.7 Å². The molecule has 0 aliphatic carbocycles. The second-order valence-electron chi connectivity index (χ2n) is 40.2. The van der Waals surface area contributed by atoms with E-state index in [1.54, 1.807) is 30.9 Å². The Labute approximate surface area is 872 Å². The summed E-state index contributed by atoms with van der Waals surface area (Å²) >= 11 is 0. The molecule has 0 spiro atoms. The number of benzene rings is 2. The predicted octanol–water partition coefficient (Wildman–Crippen LogP) is 30.6. The molecule has 0 aliphatic rings. The molecule has 2 aromatic carbocycles. The third kappa shape index (κ3) is 121. The molecule has 0 heterocycles. The molecule has 21 nitrogen and oxygen atoms in total. The average Bonchev–Trinajstić information content (AvgIpc) is 0.902. The highest BCUT2D eigenvalue weighted by Gasteiger charge is 2.18. The van der Waals surface area contributed by atoms with E-state index in [4.69, 9.17) is 33.5 Å². The zero-order valence-electron chi connectivity index (χ0n) is 97.6. The molecular weight excluding hydrogens is 1780 g/mol. The molecule has 2 N–H and O–H groups in total. The van der Waals surface area contributed by atoms with E-state index in [0.29, 0.717) is 158 Å². The number of aliphatic hydroxyl groups excluding tert-OH is 1. The van der Waals surface area contributed by atoms with Crippen molar-refractivity contribution in [3.63, 3.8) is 0 Å². The summed E-state index contributed by atoms with van der Waals surface area (Å²) in [5.41, 5.74) is 7.84. The first kappa shape index (κ1) is 149. The zero-order valence-corrected chi connectivity index (χ0v) is 97.6. The van der Waals surface area contributed by atoms with Crippen molar-refractivity contribution in [3.05, 3.63) is 118 Å². The summed E-state index contributed by atoms with van der Waals surface area (Å²) in [6.45, 7) is 58.3. The highest BCUT2D eigenvalue weighted by Crippen LogP contribution is 2.23. The lowest BCUT2D eigenvalue weighted by atomic mass is 9.98. The van der Waals surface area contributed by atoms with Gasteiger partial charge in [-0.05, 0) is 231 Å². The Morgan fingerprint density at radius 1 is 0.310 bits per heavy atom. The smallest absolute Gasteiger partial charge is 0.306 e. The third-order valence-corrected chi connectivity index (χ3v) is 23.0. The number of esters is 7. The normalized spacial score (nSPS) is 12.2. The standard InChI is InChI=1S/C24H48O2.C13H18O2.C12H23NO.C12H16O2.C12H22O2.C11H21NO.C11H20O2.C10H20O2.C8H17NO2.C8H16O2/c1-4-6-7-8-9-10-11-12-13-14-15-16-17-18-19-20-21-23(3)22-24(25)26-5-2;1-3-15-13(14)10-11(2)9-12-7-5-4-6-8-12;1-10(2)7-6-8-11(3)9-12(14)13(4)5;1-3-14-12(13)9-10(2)11-7-5-4-6-8-11;1-5-14-12(13)9-11(4)8-6-7-10(2)3;1-9(2)6-5-7-10(3)8-11(13)12-4;1-9(2)6-5-7-10(3)8-11(12)13-4;1-4-6-7-9(3)8-10(11)12-5-2;1-7(4-5-10)6-8(11)9(2)3;1-4-7(3)6-8(9)10-5-2/h23H,4-22H2,1-3H3;4-8,11H,3,9-10H2,1-2H3;7,11H,6,8-9H2,1-5H3;4-8,10H,3,9H2,1-2H3;7,11H,5-6,8-9H2,1-4H3;6,10H,5,7-8H2,1-4H3,(H,12,13);6,10H,5,7-8H2,1-4H3;9H,4-8H2,1-3H3;7,10H,4-6H2,1-3H3;7H,4-6H2,1-3H3. The zero-order chi connectivity index (χ0) is 110. The van der Waals surface area contributed by atoms with Gasteiger partial charge < -0.3 is 53.4 Å². The van der Waals surface area contributed by atoms with E-state index in [0.717, 1.165) is 77.0 Å². The van der Waals surface area contributed by atoms with E-state index in [-0.39, 0.29) is 77.9 Å². The van der Waals surface area contributed by atoms with Crippen LogP contribution in [0.2, 0.25) is 0 Å². The summed E-state index contributed by atoms with van der Waals surface area (Å²) in [5.74, 6) is 4.02. The van der Waals surface area contributed by atoms with Crippen molar-refractivity contribution >= 4 is 59.5 Å². The molecule has 0 aromatic heterocycles. The summed E-state index contributed by atoms with van der Waals surface area (Å²) in [7, 11) is 10.2. The third-order valence-electron chi connectivity index (χ3n) is 23.0. The summed E-state index contributed by atoms with van der Waals surface area (Å²) < 4.78 is 33.9. The summed E-state index contributed by atoms with van der Waals surface area (Å²) in [4.78, 5) is 114. The number of aliphatic hydroxyl groups is 1. The molecule has 0 saturated heterocycles. The Hall–Kier alpha value is -7.94. The molecule has 0 bridgehead atoms. The first-order valence-corrected chi connectivity index (χ1v) is 55.1. The van der Waals surface area contributed by atoms with Crippen LogP contribution in [0.5, 0.6) is 0 Å². The van der Waals surface area contributed by atoms with Gasteiger partial charge in [0.25, 0.3) is 0 Å². The van der Waals surface area contributed by atoms with Gasteiger partial charge >= 0.3 is 41.8 Å². The number of carbonyl (C=O) groups excluding carboxylic acids is 10. The van der Waals surface area contributed by atoms with Crippen LogP contribution in [0.4, 0.5) is 0 Å². The van der Waals surface area contributed by atoms with Crippen molar-refractivity contribution in [2.45, 2.75) is 456 Å². The van der Waals surface area contributed by atoms with Crippen LogP contribution in [0.1, 0.15) is 461 Å². The monoisotopic (exact) mass is 2000 g/mol. The molecule has 0 radical (unpaired) electrons. The maximum Gasteiger partial charge on any atom is 0.306 e. The highest BCUT2D eigenvalue weighted by molar-refractivity contribution is 5.77. The number of hydrogen-bond donors (Lipinski definition) is 2. The van der Waals surface area contributed by atoms with Crippen molar-refractivity contribution in [1.29, 1.82) is 0 Å². The van der Waals surface area contributed by atoms with Crippen molar-refractivity contribution in [2.75, 3.05) is 88.6 Å². The lowest BCUT2D eigenvalue weighted by molar-refractivity contribution is -0.145. The van der Waals surface area contributed by atoms with Crippen LogP contribution in [0.15, 0.2) is 107 Å². The molecule has 828 valence electrons. The molecule has 10 unspecified atom stereocenters. The second-order valence-corrected chi connectivity index (χ2v) is 40.2. The fourth-order valence-electron chi connectivity index (χ4n) is 14.0. The minimum Gasteiger partial charge on any atom is -0.469 e. The minimum atomic E-state index is -0.121. The van der Waals surface area contributed by atoms with Crippen molar-refractivity contribution < 1.29 is 86.2 Å². The first-order chi connectivity index (χ1) is 67.2. The molecule has 2 aromatic rings. The molecule has 2 rings (SSSR count). The second kappa shape index (κ2) is 109. The van der Waals surface area contributed by atoms with Gasteiger partial charge in [-0.25, -0.2) is 0 Å². The Kier molecular flexibility index (Phi) is 114. The lowest BCUT2D eigenvalue weighted by Crippen LogP contribution is -2.23. The van der Waals surface area contributed by atoms with Gasteiger partial charge in [-0.2, -0.15) is 0 Å². The van der Waals surface area contributed by atoms with Crippen LogP contribution >= 0.6 is 0 Å². The number of ether oxygens (including phenoxy) is 7. The Morgan fingerprint density at radius 3 is 0.859 bits per heavy atom. The summed E-state index contributed by atoms with van der Waals surface area (Å²) in [6.07, 6.45) is 53.0. The fourth-order valence-corrected chi connectivity index (χ4v) is 14.0. The SMILES string of the molecule is CC(C)=CCCC(C)CC(=O)N(C)C.CC(CCO)CC(=O)N(C)C.CCCCC(C)CC(=O)OCC.CCCCCCCCCCCCCCCCCCC(C)CC(=O)OCC.CCOC(=O)CC(C)CC.CCOC(=O)CC(C)CCC=C(C)C.CCOC(=O)CC(C)Cc1ccccc1.CCOC(=O)CC(C)c1ccccc1.CNC(=O)CC(C)CCC=C(C)C.COC(=O)CC(C)CCC=C(C)C. The topological polar surface area (TPSA) is 274 Å². The molecule has 0 fully saturated rings. The number of amides is 3. The summed E-state index contributed by atoms with van der Waals surface area (Å²) in [5, 5.41) is 11.2. The maximum atomic E-state index is 11.4. The fraction of sp³-hybridized carbons (Fsp3) is 0.752. The number of nitrogens with zero attached hydrogens (tertiary/aromatic N) is 2. The van der Waals surface area contributed by atoms with Crippen LogP contribution in [0.25, 0.3) is 0 Å². The molecule has 0 saturated carbocycles. The van der Waals surface area contributed by atoms with Crippen LogP contribution < -0.4 is 5.32 Å². The largest absolute Gasteiger partial charge is 0.469 e. The number of rotatable bonds is 64. The minimum absolute atomic E-state index is 0.0310. The Balaban J connectivity index is -0.000000237. The van der Waals surface area contributed by atoms with Gasteiger partial charge in [0.1, 0.15) is 0 Å². The molecule has 21 heteroatoms. The lowest BCUT2D eigenvalue weighted by Gasteiger charge is -2.14. The van der Waals surface area contributed by atoms with E-state index >= 15 is 0 Å². The van der Waals surface area contributed by atoms with Gasteiger partial charge in [-0.15, -0.1) is 0 Å². The van der Waals surface area contributed by atoms with Crippen LogP contribution in [0, 0.1) is 53.3 Å². The van der Waals surface area contributed by atoms with E-state index in [1.165, 1.54) is 156 Å². The maximum absolute atomic E-state index is 11.4. The Morgan fingerprint density at radius 2 is 0.570 bits per heavy atom. The van der Waals surface area contributed by atoms with Gasteiger partial charge in [0.05, 0.1) is 53.2 Å². The quantitative estimate of drug-likeness (QED) is 0.0269.